The molecule has 4 heteroatoms. The molecule has 1 unspecified atom stereocenters. The summed E-state index contributed by atoms with van der Waals surface area (Å²) in [5.41, 5.74) is -0.430. The van der Waals surface area contributed by atoms with Gasteiger partial charge in [0.15, 0.2) is 0 Å². The van der Waals surface area contributed by atoms with Crippen molar-refractivity contribution in [1.29, 1.82) is 0 Å². The van der Waals surface area contributed by atoms with Crippen molar-refractivity contribution in [2.24, 2.45) is 5.92 Å². The fourth-order valence-corrected chi connectivity index (χ4v) is 2.36. The summed E-state index contributed by atoms with van der Waals surface area (Å²) in [4.78, 5) is 13.6. The highest BCUT2D eigenvalue weighted by Crippen LogP contribution is 2.10. The smallest absolute Gasteiger partial charge is 0.410 e. The van der Waals surface area contributed by atoms with Crippen LogP contribution in [0.25, 0.3) is 0 Å². The molecule has 4 nitrogen and oxygen atoms in total. The lowest BCUT2D eigenvalue weighted by Gasteiger charge is -2.27. The van der Waals surface area contributed by atoms with E-state index in [2.05, 4.69) is 26.1 Å². The van der Waals surface area contributed by atoms with Crippen LogP contribution in [0.2, 0.25) is 0 Å². The molecule has 0 bridgehead atoms. The van der Waals surface area contributed by atoms with Crippen LogP contribution in [-0.4, -0.2) is 42.8 Å². The first kappa shape index (κ1) is 20.2. The number of carbonyl (C=O) groups is 1. The van der Waals surface area contributed by atoms with E-state index >= 15 is 0 Å². The Morgan fingerprint density at radius 1 is 1.19 bits per heavy atom. The molecule has 0 aliphatic heterocycles. The molecule has 0 rings (SSSR count). The van der Waals surface area contributed by atoms with Gasteiger partial charge in [0.2, 0.25) is 0 Å². The first-order valence-corrected chi connectivity index (χ1v) is 8.37. The van der Waals surface area contributed by atoms with Crippen LogP contribution >= 0.6 is 0 Å². The molecule has 1 amide bonds. The number of carbonyl (C=O) groups excluding carboxylic acids is 1. The maximum Gasteiger partial charge on any atom is 0.410 e. The third-order valence-electron chi connectivity index (χ3n) is 3.32. The lowest BCUT2D eigenvalue weighted by atomic mass is 10.1. The van der Waals surface area contributed by atoms with Gasteiger partial charge in [0.05, 0.1) is 0 Å². The summed E-state index contributed by atoms with van der Waals surface area (Å²) in [6.07, 6.45) is 4.63. The second kappa shape index (κ2) is 10.0. The fourth-order valence-electron chi connectivity index (χ4n) is 2.36. The van der Waals surface area contributed by atoms with E-state index in [4.69, 9.17) is 4.74 Å². The van der Waals surface area contributed by atoms with Gasteiger partial charge in [0.25, 0.3) is 0 Å². The van der Waals surface area contributed by atoms with Crippen LogP contribution in [0.3, 0.4) is 0 Å². The maximum absolute atomic E-state index is 11.9. The summed E-state index contributed by atoms with van der Waals surface area (Å²) in [6, 6.07) is 0.606. The minimum atomic E-state index is -0.430. The van der Waals surface area contributed by atoms with Gasteiger partial charge < -0.3 is 15.0 Å². The van der Waals surface area contributed by atoms with E-state index in [1.165, 1.54) is 25.7 Å². The molecule has 0 saturated carbocycles. The van der Waals surface area contributed by atoms with E-state index in [1.54, 1.807) is 11.9 Å². The lowest BCUT2D eigenvalue weighted by molar-refractivity contribution is 0.0276. The number of rotatable bonds is 9. The fraction of sp³-hybridized carbons (Fsp3) is 0.941. The Morgan fingerprint density at radius 3 is 2.14 bits per heavy atom. The van der Waals surface area contributed by atoms with Crippen LogP contribution in [0.1, 0.15) is 67.2 Å². The van der Waals surface area contributed by atoms with Gasteiger partial charge >= 0.3 is 6.09 Å². The Kier molecular flexibility index (Phi) is 9.67. The van der Waals surface area contributed by atoms with E-state index in [0.29, 0.717) is 18.5 Å². The third kappa shape index (κ3) is 10.6. The third-order valence-corrected chi connectivity index (χ3v) is 3.32. The van der Waals surface area contributed by atoms with Crippen LogP contribution in [-0.2, 0) is 4.74 Å². The van der Waals surface area contributed by atoms with E-state index in [-0.39, 0.29) is 6.09 Å². The molecular formula is C17H36N2O2. The number of nitrogens with one attached hydrogen (secondary N) is 1. The molecule has 0 aliphatic carbocycles. The molecule has 0 aromatic heterocycles. The molecule has 0 saturated heterocycles. The predicted octanol–water partition coefficient (Wildman–Crippen LogP) is 4.05. The quantitative estimate of drug-likeness (QED) is 0.698. The molecular weight excluding hydrogens is 264 g/mol. The van der Waals surface area contributed by atoms with Gasteiger partial charge in [-0.2, -0.15) is 0 Å². The van der Waals surface area contributed by atoms with Crippen molar-refractivity contribution < 1.29 is 9.53 Å². The highest BCUT2D eigenvalue weighted by Gasteiger charge is 2.20. The van der Waals surface area contributed by atoms with Crippen molar-refractivity contribution in [2.75, 3.05) is 20.1 Å². The highest BCUT2D eigenvalue weighted by atomic mass is 16.6. The number of nitrogens with zero attached hydrogens (tertiary/aromatic N) is 1. The van der Waals surface area contributed by atoms with Gasteiger partial charge in [-0.1, -0.05) is 33.6 Å². The Bertz CT molecular complexity index is 281. The zero-order valence-electron chi connectivity index (χ0n) is 15.2. The molecule has 1 atom stereocenters. The normalized spacial score (nSPS) is 13.3. The summed E-state index contributed by atoms with van der Waals surface area (Å²) < 4.78 is 5.37. The molecule has 1 N–H and O–H groups in total. The molecule has 21 heavy (non-hydrogen) atoms. The summed E-state index contributed by atoms with van der Waals surface area (Å²) in [5, 5.41) is 3.64. The van der Waals surface area contributed by atoms with Crippen molar-refractivity contribution in [1.82, 2.24) is 10.2 Å². The van der Waals surface area contributed by atoms with Crippen LogP contribution in [0.15, 0.2) is 0 Å². The van der Waals surface area contributed by atoms with Gasteiger partial charge in [0.1, 0.15) is 5.60 Å². The number of hydrogen-bond acceptors (Lipinski definition) is 3. The molecule has 0 fully saturated rings. The van der Waals surface area contributed by atoms with E-state index in [0.717, 1.165) is 6.54 Å². The number of amides is 1. The average molecular weight is 300 g/mol. The zero-order chi connectivity index (χ0) is 16.5. The first-order chi connectivity index (χ1) is 9.69. The maximum atomic E-state index is 11.9. The van der Waals surface area contributed by atoms with Crippen LogP contribution < -0.4 is 5.32 Å². The summed E-state index contributed by atoms with van der Waals surface area (Å²) in [6.45, 7) is 14.0. The number of hydrogen-bond donors (Lipinski definition) is 1. The molecule has 0 aromatic carbocycles. The minimum absolute atomic E-state index is 0.243. The molecule has 0 aromatic rings. The van der Waals surface area contributed by atoms with Gasteiger partial charge in [-0.05, 0) is 46.1 Å². The van der Waals surface area contributed by atoms with Crippen molar-refractivity contribution in [3.05, 3.63) is 0 Å². The minimum Gasteiger partial charge on any atom is -0.444 e. The second-order valence-corrected chi connectivity index (χ2v) is 7.15. The topological polar surface area (TPSA) is 41.6 Å². The Balaban J connectivity index is 4.11. The Morgan fingerprint density at radius 2 is 1.71 bits per heavy atom. The SMILES string of the molecule is CCCC(CCC)NCC(C)CN(C)C(=O)OC(C)(C)C. The monoisotopic (exact) mass is 300 g/mol. The second-order valence-electron chi connectivity index (χ2n) is 7.15. The van der Waals surface area contributed by atoms with Gasteiger partial charge in [-0.25, -0.2) is 4.79 Å². The average Bonchev–Trinajstić information content (AvgIpc) is 2.34. The highest BCUT2D eigenvalue weighted by molar-refractivity contribution is 5.67. The van der Waals surface area contributed by atoms with E-state index < -0.39 is 5.60 Å². The van der Waals surface area contributed by atoms with Crippen molar-refractivity contribution in [3.63, 3.8) is 0 Å². The largest absolute Gasteiger partial charge is 0.444 e. The predicted molar refractivity (Wildman–Crippen MR) is 89.6 cm³/mol. The van der Waals surface area contributed by atoms with Crippen LogP contribution in [0.4, 0.5) is 4.79 Å². The summed E-state index contributed by atoms with van der Waals surface area (Å²) >= 11 is 0. The zero-order valence-corrected chi connectivity index (χ0v) is 15.2. The Labute approximate surface area is 131 Å². The lowest BCUT2D eigenvalue weighted by Crippen LogP contribution is -2.40. The van der Waals surface area contributed by atoms with Crippen LogP contribution in [0, 0.1) is 5.92 Å². The van der Waals surface area contributed by atoms with Gasteiger partial charge in [0, 0.05) is 19.6 Å². The Hall–Kier alpha value is -0.770. The summed E-state index contributed by atoms with van der Waals surface area (Å²) in [5.74, 6) is 0.415. The van der Waals surface area contributed by atoms with Crippen molar-refractivity contribution in [2.45, 2.75) is 78.9 Å². The van der Waals surface area contributed by atoms with E-state index in [1.807, 2.05) is 20.8 Å². The van der Waals surface area contributed by atoms with Gasteiger partial charge in [-0.15, -0.1) is 0 Å². The molecule has 126 valence electrons. The summed E-state index contributed by atoms with van der Waals surface area (Å²) in [7, 11) is 1.81. The van der Waals surface area contributed by atoms with Crippen molar-refractivity contribution in [3.8, 4) is 0 Å². The molecule has 0 heterocycles. The van der Waals surface area contributed by atoms with Crippen LogP contribution in [0.5, 0.6) is 0 Å². The molecule has 0 radical (unpaired) electrons. The molecule has 0 aliphatic rings. The molecule has 0 spiro atoms. The standard InChI is InChI=1S/C17H36N2O2/c1-8-10-15(11-9-2)18-12-14(3)13-19(7)16(20)21-17(4,5)6/h14-15,18H,8-13H2,1-7H3. The van der Waals surface area contributed by atoms with E-state index in [9.17, 15) is 4.79 Å². The van der Waals surface area contributed by atoms with Crippen molar-refractivity contribution >= 4 is 6.09 Å². The van der Waals surface area contributed by atoms with Gasteiger partial charge in [-0.3, -0.25) is 0 Å². The first-order valence-electron chi connectivity index (χ1n) is 8.37. The number of ether oxygens (including phenoxy) is 1.